The molecule has 0 aliphatic carbocycles. The van der Waals surface area contributed by atoms with Crippen LogP contribution < -0.4 is 15.8 Å². The molecule has 6 nitrogen and oxygen atoms in total. The van der Waals surface area contributed by atoms with Gasteiger partial charge in [0.25, 0.3) is 5.91 Å². The van der Waals surface area contributed by atoms with Crippen molar-refractivity contribution in [1.29, 1.82) is 5.41 Å². The third-order valence-corrected chi connectivity index (χ3v) is 5.34. The number of hydrogen-bond acceptors (Lipinski definition) is 4. The number of pyridine rings is 1. The lowest BCUT2D eigenvalue weighted by atomic mass is 9.99. The molecule has 156 valence electrons. The average Bonchev–Trinajstić information content (AvgIpc) is 2.70. The zero-order valence-electron chi connectivity index (χ0n) is 17.8. The van der Waals surface area contributed by atoms with Gasteiger partial charge in [-0.1, -0.05) is 45.0 Å². The Labute approximate surface area is 177 Å². The molecule has 3 aromatic rings. The fourth-order valence-corrected chi connectivity index (χ4v) is 3.09. The van der Waals surface area contributed by atoms with Crippen LogP contribution in [-0.2, 0) is 0 Å². The van der Waals surface area contributed by atoms with E-state index in [0.29, 0.717) is 46.4 Å². The van der Waals surface area contributed by atoms with Crippen molar-refractivity contribution >= 4 is 22.8 Å². The first kappa shape index (κ1) is 21.3. The molecule has 30 heavy (non-hydrogen) atoms. The Bertz CT molecular complexity index is 1090. The molecular weight excluding hydrogens is 376 g/mol. The summed E-state index contributed by atoms with van der Waals surface area (Å²) in [6.07, 6.45) is 0. The average molecular weight is 405 g/mol. The number of nitrogens with two attached hydrogens (primary N) is 1. The summed E-state index contributed by atoms with van der Waals surface area (Å²) in [6, 6.07) is 15.2. The van der Waals surface area contributed by atoms with Crippen LogP contribution in [0.2, 0.25) is 0 Å². The Morgan fingerprint density at radius 2 is 1.90 bits per heavy atom. The van der Waals surface area contributed by atoms with Gasteiger partial charge in [-0.05, 0) is 48.6 Å². The van der Waals surface area contributed by atoms with E-state index in [1.54, 1.807) is 6.07 Å². The van der Waals surface area contributed by atoms with Gasteiger partial charge >= 0.3 is 0 Å². The lowest BCUT2D eigenvalue weighted by Crippen LogP contribution is -2.35. The highest BCUT2D eigenvalue weighted by atomic mass is 16.5. The third-order valence-electron chi connectivity index (χ3n) is 5.34. The lowest BCUT2D eigenvalue weighted by Gasteiger charge is -2.17. The van der Waals surface area contributed by atoms with Crippen LogP contribution in [0.25, 0.3) is 22.2 Å². The van der Waals surface area contributed by atoms with E-state index in [1.165, 1.54) is 0 Å². The Morgan fingerprint density at radius 3 is 2.57 bits per heavy atom. The predicted octanol–water partition coefficient (Wildman–Crippen LogP) is 4.50. The van der Waals surface area contributed by atoms with Gasteiger partial charge < -0.3 is 10.5 Å². The smallest absolute Gasteiger partial charge is 0.258 e. The van der Waals surface area contributed by atoms with Crippen molar-refractivity contribution in [1.82, 2.24) is 10.3 Å². The number of guanidine groups is 1. The van der Waals surface area contributed by atoms with Crippen LogP contribution in [0.4, 0.5) is 0 Å². The van der Waals surface area contributed by atoms with Crippen molar-refractivity contribution in [3.63, 3.8) is 0 Å². The van der Waals surface area contributed by atoms with Gasteiger partial charge in [0.15, 0.2) is 5.96 Å². The van der Waals surface area contributed by atoms with Gasteiger partial charge in [-0.15, -0.1) is 0 Å². The zero-order chi connectivity index (χ0) is 21.8. The topological polar surface area (TPSA) is 101 Å². The molecule has 0 bridgehead atoms. The van der Waals surface area contributed by atoms with Crippen LogP contribution in [0.5, 0.6) is 5.75 Å². The molecule has 6 heteroatoms. The number of aryl methyl sites for hydroxylation is 1. The van der Waals surface area contributed by atoms with Crippen molar-refractivity contribution in [2.75, 3.05) is 6.61 Å². The SMILES string of the molecule is Cc1ccccc1-c1cc(C(=O)NC(=N)N)c2cc(OCC(C)C(C)C)ccc2n1. The van der Waals surface area contributed by atoms with Gasteiger partial charge in [0.1, 0.15) is 5.75 Å². The van der Waals surface area contributed by atoms with Crippen molar-refractivity contribution in [2.45, 2.75) is 27.7 Å². The maximum Gasteiger partial charge on any atom is 0.258 e. The second kappa shape index (κ2) is 8.95. The molecule has 1 aromatic heterocycles. The van der Waals surface area contributed by atoms with E-state index < -0.39 is 11.9 Å². The Morgan fingerprint density at radius 1 is 1.17 bits per heavy atom. The fourth-order valence-electron chi connectivity index (χ4n) is 3.09. The van der Waals surface area contributed by atoms with Gasteiger partial charge in [-0.25, -0.2) is 4.98 Å². The van der Waals surface area contributed by atoms with Crippen molar-refractivity contribution in [3.05, 3.63) is 59.7 Å². The Balaban J connectivity index is 2.09. The minimum Gasteiger partial charge on any atom is -0.493 e. The van der Waals surface area contributed by atoms with Gasteiger partial charge in [0, 0.05) is 10.9 Å². The van der Waals surface area contributed by atoms with Gasteiger partial charge in [-0.2, -0.15) is 0 Å². The maximum atomic E-state index is 12.8. The predicted molar refractivity (Wildman–Crippen MR) is 121 cm³/mol. The Kier molecular flexibility index (Phi) is 6.35. The van der Waals surface area contributed by atoms with Crippen molar-refractivity contribution < 1.29 is 9.53 Å². The number of aromatic nitrogens is 1. The number of carbonyl (C=O) groups is 1. The van der Waals surface area contributed by atoms with E-state index in [1.807, 2.05) is 49.4 Å². The molecule has 1 atom stereocenters. The zero-order valence-corrected chi connectivity index (χ0v) is 17.8. The maximum absolute atomic E-state index is 12.8. The molecule has 0 fully saturated rings. The molecule has 1 unspecified atom stereocenters. The minimum atomic E-state index is -0.447. The number of hydrogen-bond donors (Lipinski definition) is 3. The molecule has 4 N–H and O–H groups in total. The molecule has 0 aliphatic rings. The number of fused-ring (bicyclic) bond motifs is 1. The van der Waals surface area contributed by atoms with Crippen LogP contribution >= 0.6 is 0 Å². The lowest BCUT2D eigenvalue weighted by molar-refractivity contribution is 0.0978. The first-order chi connectivity index (χ1) is 14.3. The first-order valence-corrected chi connectivity index (χ1v) is 10.0. The number of ether oxygens (including phenoxy) is 1. The third kappa shape index (κ3) is 4.76. The summed E-state index contributed by atoms with van der Waals surface area (Å²) < 4.78 is 5.96. The van der Waals surface area contributed by atoms with E-state index in [9.17, 15) is 4.79 Å². The summed E-state index contributed by atoms with van der Waals surface area (Å²) in [6.45, 7) is 9.06. The normalized spacial score (nSPS) is 12.0. The highest BCUT2D eigenvalue weighted by Gasteiger charge is 2.17. The van der Waals surface area contributed by atoms with Gasteiger partial charge in [-0.3, -0.25) is 15.5 Å². The highest BCUT2D eigenvalue weighted by Crippen LogP contribution is 2.29. The van der Waals surface area contributed by atoms with Crippen molar-refractivity contribution in [2.24, 2.45) is 17.6 Å². The van der Waals surface area contributed by atoms with Crippen LogP contribution in [0.1, 0.15) is 36.7 Å². The fraction of sp³-hybridized carbons (Fsp3) is 0.292. The van der Waals surface area contributed by atoms with E-state index in [4.69, 9.17) is 20.9 Å². The standard InChI is InChI=1S/C24H28N4O2/c1-14(2)16(4)13-30-17-9-10-21-19(11-17)20(23(29)28-24(25)26)12-22(27-21)18-8-6-5-7-15(18)3/h5-12,14,16H,13H2,1-4H3,(H4,25,26,28,29). The molecule has 1 amide bonds. The molecule has 2 aromatic carbocycles. The van der Waals surface area contributed by atoms with Crippen LogP contribution in [0.3, 0.4) is 0 Å². The molecular formula is C24H28N4O2. The molecule has 0 radical (unpaired) electrons. The first-order valence-electron chi connectivity index (χ1n) is 10.0. The summed E-state index contributed by atoms with van der Waals surface area (Å²) in [7, 11) is 0. The molecule has 0 aliphatic heterocycles. The van der Waals surface area contributed by atoms with Gasteiger partial charge in [0.2, 0.25) is 0 Å². The number of rotatable bonds is 6. The van der Waals surface area contributed by atoms with Crippen molar-refractivity contribution in [3.8, 4) is 17.0 Å². The molecule has 0 saturated heterocycles. The molecule has 3 rings (SSSR count). The second-order valence-electron chi connectivity index (χ2n) is 7.95. The van der Waals surface area contributed by atoms with E-state index in [-0.39, 0.29) is 0 Å². The number of nitrogens with zero attached hydrogens (tertiary/aromatic N) is 1. The number of carbonyl (C=O) groups excluding carboxylic acids is 1. The van der Waals surface area contributed by atoms with Crippen LogP contribution in [0.15, 0.2) is 48.5 Å². The number of amides is 1. The molecule has 0 saturated carbocycles. The quantitative estimate of drug-likeness (QED) is 0.416. The summed E-state index contributed by atoms with van der Waals surface area (Å²) in [5.74, 6) is 0.749. The largest absolute Gasteiger partial charge is 0.493 e. The van der Waals surface area contributed by atoms with Crippen LogP contribution in [0, 0.1) is 24.2 Å². The van der Waals surface area contributed by atoms with Crippen LogP contribution in [-0.4, -0.2) is 23.5 Å². The van der Waals surface area contributed by atoms with E-state index in [2.05, 4.69) is 26.1 Å². The number of nitrogens with one attached hydrogen (secondary N) is 2. The minimum absolute atomic E-state index is 0.399. The summed E-state index contributed by atoms with van der Waals surface area (Å²) in [5, 5.41) is 10.5. The second-order valence-corrected chi connectivity index (χ2v) is 7.95. The van der Waals surface area contributed by atoms with Gasteiger partial charge in [0.05, 0.1) is 23.4 Å². The molecule has 1 heterocycles. The monoisotopic (exact) mass is 404 g/mol. The summed E-state index contributed by atoms with van der Waals surface area (Å²) in [4.78, 5) is 17.6. The van der Waals surface area contributed by atoms with E-state index in [0.717, 1.165) is 11.1 Å². The summed E-state index contributed by atoms with van der Waals surface area (Å²) >= 11 is 0. The summed E-state index contributed by atoms with van der Waals surface area (Å²) in [5.41, 5.74) is 9.17. The van der Waals surface area contributed by atoms with E-state index >= 15 is 0 Å². The highest BCUT2D eigenvalue weighted by molar-refractivity contribution is 6.12. The Hall–Kier alpha value is -3.41. The number of benzene rings is 2. The molecule has 0 spiro atoms.